The van der Waals surface area contributed by atoms with Crippen molar-refractivity contribution in [2.24, 2.45) is 11.8 Å². The molecular formula is C13H19ClN2O3S. The van der Waals surface area contributed by atoms with Gasteiger partial charge < -0.3 is 5.11 Å². The molecule has 0 bridgehead atoms. The fourth-order valence-corrected chi connectivity index (χ4v) is 3.77. The van der Waals surface area contributed by atoms with E-state index in [0.29, 0.717) is 6.54 Å². The molecule has 1 fully saturated rings. The molecule has 0 aromatic carbocycles. The number of aliphatic hydroxyl groups is 1. The third-order valence-corrected chi connectivity index (χ3v) is 5.48. The van der Waals surface area contributed by atoms with E-state index in [4.69, 9.17) is 11.6 Å². The Balaban J connectivity index is 1.99. The maximum absolute atomic E-state index is 12.1. The molecule has 0 radical (unpaired) electrons. The molecule has 1 aliphatic rings. The molecule has 112 valence electrons. The summed E-state index contributed by atoms with van der Waals surface area (Å²) < 4.78 is 26.9. The van der Waals surface area contributed by atoms with E-state index in [2.05, 4.69) is 9.71 Å². The highest BCUT2D eigenvalue weighted by molar-refractivity contribution is 7.89. The Morgan fingerprint density at radius 3 is 2.60 bits per heavy atom. The molecule has 0 amide bonds. The van der Waals surface area contributed by atoms with Crippen LogP contribution in [0.2, 0.25) is 5.15 Å². The lowest BCUT2D eigenvalue weighted by molar-refractivity contribution is 0.136. The minimum atomic E-state index is -3.56. The van der Waals surface area contributed by atoms with Gasteiger partial charge in [-0.25, -0.2) is 18.1 Å². The number of sulfonamides is 1. The number of hydrogen-bond donors (Lipinski definition) is 2. The van der Waals surface area contributed by atoms with E-state index in [0.717, 1.165) is 25.7 Å². The number of nitrogens with one attached hydrogen (secondary N) is 1. The molecule has 1 aromatic rings. The van der Waals surface area contributed by atoms with Crippen LogP contribution in [0.3, 0.4) is 0 Å². The molecule has 2 N–H and O–H groups in total. The van der Waals surface area contributed by atoms with Gasteiger partial charge in [0.15, 0.2) is 0 Å². The topological polar surface area (TPSA) is 79.3 Å². The van der Waals surface area contributed by atoms with Gasteiger partial charge in [-0.2, -0.15) is 0 Å². The first-order chi connectivity index (χ1) is 9.53. The highest BCUT2D eigenvalue weighted by Gasteiger charge is 2.26. The van der Waals surface area contributed by atoms with Gasteiger partial charge in [0.25, 0.3) is 0 Å². The Morgan fingerprint density at radius 2 is 2.00 bits per heavy atom. The van der Waals surface area contributed by atoms with Gasteiger partial charge in [0.05, 0.1) is 0 Å². The quantitative estimate of drug-likeness (QED) is 0.812. The molecule has 5 nitrogen and oxygen atoms in total. The lowest BCUT2D eigenvalue weighted by atomic mass is 9.80. The lowest BCUT2D eigenvalue weighted by Gasteiger charge is -2.30. The van der Waals surface area contributed by atoms with Gasteiger partial charge in [-0.3, -0.25) is 0 Å². The largest absolute Gasteiger partial charge is 0.396 e. The van der Waals surface area contributed by atoms with Gasteiger partial charge in [-0.15, -0.1) is 0 Å². The SMILES string of the molecule is O=S(=O)(NCC1CCCCC1CO)c1ccc(Cl)nc1. The van der Waals surface area contributed by atoms with Crippen molar-refractivity contribution in [3.05, 3.63) is 23.5 Å². The molecule has 0 saturated heterocycles. The highest BCUT2D eigenvalue weighted by atomic mass is 35.5. The molecule has 1 aromatic heterocycles. The van der Waals surface area contributed by atoms with Gasteiger partial charge >= 0.3 is 0 Å². The van der Waals surface area contributed by atoms with E-state index < -0.39 is 10.0 Å². The summed E-state index contributed by atoms with van der Waals surface area (Å²) in [6.45, 7) is 0.477. The lowest BCUT2D eigenvalue weighted by Crippen LogP contribution is -2.35. The van der Waals surface area contributed by atoms with Crippen LogP contribution in [0.5, 0.6) is 0 Å². The number of aromatic nitrogens is 1. The molecule has 2 atom stereocenters. The van der Waals surface area contributed by atoms with E-state index in [1.54, 1.807) is 0 Å². The van der Waals surface area contributed by atoms with Crippen LogP contribution in [0.1, 0.15) is 25.7 Å². The molecule has 2 unspecified atom stereocenters. The van der Waals surface area contributed by atoms with Crippen LogP contribution >= 0.6 is 11.6 Å². The molecule has 0 spiro atoms. The number of pyridine rings is 1. The zero-order valence-corrected chi connectivity index (χ0v) is 12.7. The van der Waals surface area contributed by atoms with Crippen molar-refractivity contribution < 1.29 is 13.5 Å². The number of nitrogens with zero attached hydrogens (tertiary/aromatic N) is 1. The molecule has 1 aliphatic carbocycles. The fraction of sp³-hybridized carbons (Fsp3) is 0.615. The molecule has 1 saturated carbocycles. The van der Waals surface area contributed by atoms with Gasteiger partial charge in [-0.05, 0) is 36.8 Å². The third-order valence-electron chi connectivity index (χ3n) is 3.85. The first kappa shape index (κ1) is 15.7. The van der Waals surface area contributed by atoms with Crippen molar-refractivity contribution in [1.29, 1.82) is 0 Å². The standard InChI is InChI=1S/C13H19ClN2O3S/c14-13-6-5-12(8-15-13)20(18,19)16-7-10-3-1-2-4-11(10)9-17/h5-6,8,10-11,16-17H,1-4,7,9H2. The maximum Gasteiger partial charge on any atom is 0.242 e. The van der Waals surface area contributed by atoms with E-state index in [-0.39, 0.29) is 28.5 Å². The van der Waals surface area contributed by atoms with Crippen molar-refractivity contribution in [2.45, 2.75) is 30.6 Å². The number of hydrogen-bond acceptors (Lipinski definition) is 4. The summed E-state index contributed by atoms with van der Waals surface area (Å²) >= 11 is 5.64. The first-order valence-electron chi connectivity index (χ1n) is 6.75. The van der Waals surface area contributed by atoms with Crippen molar-refractivity contribution in [1.82, 2.24) is 9.71 Å². The molecule has 0 aliphatic heterocycles. The number of aliphatic hydroxyl groups excluding tert-OH is 1. The maximum atomic E-state index is 12.1. The summed E-state index contributed by atoms with van der Waals surface area (Å²) in [6.07, 6.45) is 5.36. The second-order valence-electron chi connectivity index (χ2n) is 5.16. The van der Waals surface area contributed by atoms with E-state index in [1.807, 2.05) is 0 Å². The Labute approximate surface area is 124 Å². The van der Waals surface area contributed by atoms with Gasteiger partial charge in [0.1, 0.15) is 10.0 Å². The van der Waals surface area contributed by atoms with Gasteiger partial charge in [0, 0.05) is 19.3 Å². The second kappa shape index (κ2) is 6.85. The monoisotopic (exact) mass is 318 g/mol. The van der Waals surface area contributed by atoms with Crippen molar-refractivity contribution in [2.75, 3.05) is 13.2 Å². The van der Waals surface area contributed by atoms with Crippen molar-refractivity contribution in [3.63, 3.8) is 0 Å². The Bertz CT molecular complexity index is 533. The van der Waals surface area contributed by atoms with E-state index >= 15 is 0 Å². The Kier molecular flexibility index (Phi) is 5.37. The predicted molar refractivity (Wildman–Crippen MR) is 77.0 cm³/mol. The van der Waals surface area contributed by atoms with Crippen molar-refractivity contribution >= 4 is 21.6 Å². The zero-order valence-electron chi connectivity index (χ0n) is 11.1. The summed E-state index contributed by atoms with van der Waals surface area (Å²) in [5, 5.41) is 9.60. The van der Waals surface area contributed by atoms with Gasteiger partial charge in [-0.1, -0.05) is 24.4 Å². The second-order valence-corrected chi connectivity index (χ2v) is 7.31. The smallest absolute Gasteiger partial charge is 0.242 e. The molecule has 2 rings (SSSR count). The first-order valence-corrected chi connectivity index (χ1v) is 8.61. The highest BCUT2D eigenvalue weighted by Crippen LogP contribution is 2.29. The average molecular weight is 319 g/mol. The van der Waals surface area contributed by atoms with Crippen LogP contribution < -0.4 is 4.72 Å². The molecule has 1 heterocycles. The average Bonchev–Trinajstić information content (AvgIpc) is 2.46. The van der Waals surface area contributed by atoms with Crippen LogP contribution in [-0.2, 0) is 10.0 Å². The van der Waals surface area contributed by atoms with Crippen LogP contribution in [0.4, 0.5) is 0 Å². The predicted octanol–water partition coefficient (Wildman–Crippen LogP) is 1.81. The summed E-state index contributed by atoms with van der Waals surface area (Å²) in [4.78, 5) is 3.89. The van der Waals surface area contributed by atoms with E-state index in [9.17, 15) is 13.5 Å². The summed E-state index contributed by atoms with van der Waals surface area (Å²) in [5.41, 5.74) is 0. The third kappa shape index (κ3) is 3.91. The van der Waals surface area contributed by atoms with E-state index in [1.165, 1.54) is 18.3 Å². The number of rotatable bonds is 5. The summed E-state index contributed by atoms with van der Waals surface area (Å²) in [5.74, 6) is 0.388. The van der Waals surface area contributed by atoms with Crippen LogP contribution in [-0.4, -0.2) is 31.7 Å². The van der Waals surface area contributed by atoms with Gasteiger partial charge in [0.2, 0.25) is 10.0 Å². The Morgan fingerprint density at radius 1 is 1.30 bits per heavy atom. The Hall–Kier alpha value is -0.690. The van der Waals surface area contributed by atoms with Crippen LogP contribution in [0.15, 0.2) is 23.2 Å². The van der Waals surface area contributed by atoms with Crippen LogP contribution in [0, 0.1) is 11.8 Å². The van der Waals surface area contributed by atoms with Crippen molar-refractivity contribution in [3.8, 4) is 0 Å². The molecular weight excluding hydrogens is 300 g/mol. The summed E-state index contributed by atoms with van der Waals surface area (Å²) in [7, 11) is -3.56. The zero-order chi connectivity index (χ0) is 14.6. The molecule has 7 heteroatoms. The summed E-state index contributed by atoms with van der Waals surface area (Å²) in [6, 6.07) is 2.88. The van der Waals surface area contributed by atoms with Crippen LogP contribution in [0.25, 0.3) is 0 Å². The fourth-order valence-electron chi connectivity index (χ4n) is 2.61. The minimum absolute atomic E-state index is 0.109. The minimum Gasteiger partial charge on any atom is -0.396 e. The normalized spacial score (nSPS) is 23.7. The number of halogens is 1. The molecule has 20 heavy (non-hydrogen) atoms.